The molecule has 0 unspecified atom stereocenters. The lowest BCUT2D eigenvalue weighted by Gasteiger charge is -2.21. The van der Waals surface area contributed by atoms with Gasteiger partial charge < -0.3 is 10.6 Å². The van der Waals surface area contributed by atoms with Crippen LogP contribution in [0.3, 0.4) is 0 Å². The molecule has 1 aromatic carbocycles. The molecule has 0 amide bonds. The highest BCUT2D eigenvalue weighted by molar-refractivity contribution is 9.10. The van der Waals surface area contributed by atoms with Gasteiger partial charge in [0.2, 0.25) is 0 Å². The number of aromatic nitrogens is 1. The summed E-state index contributed by atoms with van der Waals surface area (Å²) >= 11 is 3.39. The van der Waals surface area contributed by atoms with Crippen molar-refractivity contribution in [1.29, 1.82) is 0 Å². The van der Waals surface area contributed by atoms with Crippen molar-refractivity contribution in [1.82, 2.24) is 4.98 Å². The molecule has 2 rings (SSSR count). The lowest BCUT2D eigenvalue weighted by atomic mass is 10.2. The predicted octanol–water partition coefficient (Wildman–Crippen LogP) is 3.19. The van der Waals surface area contributed by atoms with Gasteiger partial charge in [-0.15, -0.1) is 0 Å². The quantitative estimate of drug-likeness (QED) is 0.858. The zero-order valence-corrected chi connectivity index (χ0v) is 10.5. The van der Waals surface area contributed by atoms with E-state index < -0.39 is 0 Å². The zero-order valence-electron chi connectivity index (χ0n) is 8.89. The normalized spacial score (nSPS) is 10.1. The number of nitrogens with zero attached hydrogens (tertiary/aromatic N) is 2. The average Bonchev–Trinajstić information content (AvgIpc) is 2.29. The van der Waals surface area contributed by atoms with Crippen molar-refractivity contribution in [2.75, 3.05) is 17.7 Å². The van der Waals surface area contributed by atoms with Crippen molar-refractivity contribution >= 4 is 33.0 Å². The number of pyridine rings is 1. The fourth-order valence-corrected chi connectivity index (χ4v) is 1.92. The van der Waals surface area contributed by atoms with Crippen molar-refractivity contribution in [3.05, 3.63) is 47.2 Å². The molecule has 0 aliphatic heterocycles. The monoisotopic (exact) mass is 277 g/mol. The second-order valence-corrected chi connectivity index (χ2v) is 4.38. The zero-order chi connectivity index (χ0) is 11.5. The first kappa shape index (κ1) is 11.0. The van der Waals surface area contributed by atoms with Gasteiger partial charge in [0, 0.05) is 29.6 Å². The van der Waals surface area contributed by atoms with Gasteiger partial charge in [-0.1, -0.05) is 15.9 Å². The van der Waals surface area contributed by atoms with Crippen LogP contribution < -0.4 is 10.6 Å². The summed E-state index contributed by atoms with van der Waals surface area (Å²) in [7, 11) is 1.98. The maximum absolute atomic E-state index is 5.97. The first-order valence-corrected chi connectivity index (χ1v) is 5.66. The Bertz CT molecular complexity index is 485. The largest absolute Gasteiger partial charge is 0.397 e. The smallest absolute Gasteiger partial charge is 0.0642 e. The molecule has 2 N–H and O–H groups in total. The lowest BCUT2D eigenvalue weighted by molar-refractivity contribution is 1.19. The molecule has 82 valence electrons. The van der Waals surface area contributed by atoms with E-state index in [-0.39, 0.29) is 0 Å². The SMILES string of the molecule is CN(c1ccncc1)c1ccc(Br)cc1N. The van der Waals surface area contributed by atoms with Gasteiger partial charge in [-0.2, -0.15) is 0 Å². The van der Waals surface area contributed by atoms with E-state index in [9.17, 15) is 0 Å². The van der Waals surface area contributed by atoms with Crippen LogP contribution in [-0.2, 0) is 0 Å². The average molecular weight is 278 g/mol. The van der Waals surface area contributed by atoms with Gasteiger partial charge in [-0.3, -0.25) is 4.98 Å². The molecular weight excluding hydrogens is 266 g/mol. The molecule has 0 saturated heterocycles. The van der Waals surface area contributed by atoms with Crippen LogP contribution in [0, 0.1) is 0 Å². The Hall–Kier alpha value is -1.55. The molecule has 0 bridgehead atoms. The van der Waals surface area contributed by atoms with Gasteiger partial charge >= 0.3 is 0 Å². The topological polar surface area (TPSA) is 42.2 Å². The summed E-state index contributed by atoms with van der Waals surface area (Å²) in [6.07, 6.45) is 3.53. The van der Waals surface area contributed by atoms with Crippen molar-refractivity contribution in [3.63, 3.8) is 0 Å². The van der Waals surface area contributed by atoms with Crippen molar-refractivity contribution in [2.45, 2.75) is 0 Å². The predicted molar refractivity (Wildman–Crippen MR) is 70.9 cm³/mol. The minimum atomic E-state index is 0.744. The Balaban J connectivity index is 2.38. The maximum atomic E-state index is 5.97. The highest BCUT2D eigenvalue weighted by Gasteiger charge is 2.07. The van der Waals surface area contributed by atoms with Crippen LogP contribution in [0.5, 0.6) is 0 Å². The number of nitrogen functional groups attached to an aromatic ring is 1. The van der Waals surface area contributed by atoms with Crippen LogP contribution in [0.2, 0.25) is 0 Å². The minimum absolute atomic E-state index is 0.744. The van der Waals surface area contributed by atoms with Crippen LogP contribution in [0.4, 0.5) is 17.1 Å². The Morgan fingerprint density at radius 3 is 2.50 bits per heavy atom. The number of benzene rings is 1. The number of hydrogen-bond acceptors (Lipinski definition) is 3. The molecule has 0 aliphatic rings. The molecule has 16 heavy (non-hydrogen) atoms. The standard InChI is InChI=1S/C12H12BrN3/c1-16(10-4-6-15-7-5-10)12-3-2-9(13)8-11(12)14/h2-8H,14H2,1H3. The third-order valence-corrected chi connectivity index (χ3v) is 2.89. The van der Waals surface area contributed by atoms with Crippen molar-refractivity contribution < 1.29 is 0 Å². The first-order valence-electron chi connectivity index (χ1n) is 4.87. The molecular formula is C12H12BrN3. The molecule has 0 radical (unpaired) electrons. The number of hydrogen-bond donors (Lipinski definition) is 1. The maximum Gasteiger partial charge on any atom is 0.0642 e. The van der Waals surface area contributed by atoms with E-state index in [1.165, 1.54) is 0 Å². The van der Waals surface area contributed by atoms with Crippen LogP contribution in [0.1, 0.15) is 0 Å². The Labute approximate surface area is 103 Å². The number of rotatable bonds is 2. The molecule has 0 saturated carbocycles. The Morgan fingerprint density at radius 1 is 1.19 bits per heavy atom. The summed E-state index contributed by atoms with van der Waals surface area (Å²) in [5.41, 5.74) is 8.76. The fraction of sp³-hybridized carbons (Fsp3) is 0.0833. The van der Waals surface area contributed by atoms with E-state index in [1.54, 1.807) is 12.4 Å². The highest BCUT2D eigenvalue weighted by atomic mass is 79.9. The molecule has 0 atom stereocenters. The van der Waals surface area contributed by atoms with Crippen LogP contribution in [0.15, 0.2) is 47.2 Å². The lowest BCUT2D eigenvalue weighted by Crippen LogP contribution is -2.11. The number of nitrogens with two attached hydrogens (primary N) is 1. The fourth-order valence-electron chi connectivity index (χ4n) is 1.54. The van der Waals surface area contributed by atoms with E-state index in [4.69, 9.17) is 5.73 Å². The molecule has 1 heterocycles. The van der Waals surface area contributed by atoms with Crippen LogP contribution in [-0.4, -0.2) is 12.0 Å². The van der Waals surface area contributed by atoms with Crippen LogP contribution in [0.25, 0.3) is 0 Å². The molecule has 1 aromatic heterocycles. The summed E-state index contributed by atoms with van der Waals surface area (Å²) in [6, 6.07) is 9.75. The third kappa shape index (κ3) is 2.17. The second-order valence-electron chi connectivity index (χ2n) is 3.47. The molecule has 2 aromatic rings. The van der Waals surface area contributed by atoms with Gasteiger partial charge in [0.05, 0.1) is 11.4 Å². The van der Waals surface area contributed by atoms with Gasteiger partial charge in [0.15, 0.2) is 0 Å². The van der Waals surface area contributed by atoms with E-state index in [1.807, 2.05) is 42.3 Å². The summed E-state index contributed by atoms with van der Waals surface area (Å²) < 4.78 is 0.983. The third-order valence-electron chi connectivity index (χ3n) is 2.40. The highest BCUT2D eigenvalue weighted by Crippen LogP contribution is 2.30. The van der Waals surface area contributed by atoms with Crippen molar-refractivity contribution in [2.24, 2.45) is 0 Å². The van der Waals surface area contributed by atoms with Gasteiger partial charge in [-0.25, -0.2) is 0 Å². The van der Waals surface area contributed by atoms with E-state index in [0.29, 0.717) is 0 Å². The second kappa shape index (κ2) is 4.53. The van der Waals surface area contributed by atoms with E-state index in [2.05, 4.69) is 20.9 Å². The van der Waals surface area contributed by atoms with Gasteiger partial charge in [0.1, 0.15) is 0 Å². The Kier molecular flexibility index (Phi) is 3.10. The molecule has 4 heteroatoms. The molecule has 0 aliphatic carbocycles. The molecule has 3 nitrogen and oxygen atoms in total. The summed E-state index contributed by atoms with van der Waals surface area (Å²) in [5.74, 6) is 0. The van der Waals surface area contributed by atoms with E-state index in [0.717, 1.165) is 21.5 Å². The van der Waals surface area contributed by atoms with Crippen molar-refractivity contribution in [3.8, 4) is 0 Å². The van der Waals surface area contributed by atoms with Gasteiger partial charge in [0.25, 0.3) is 0 Å². The number of anilines is 3. The Morgan fingerprint density at radius 2 is 1.88 bits per heavy atom. The summed E-state index contributed by atoms with van der Waals surface area (Å²) in [6.45, 7) is 0. The molecule has 0 fully saturated rings. The first-order chi connectivity index (χ1) is 7.68. The number of halogens is 1. The van der Waals surface area contributed by atoms with Crippen LogP contribution >= 0.6 is 15.9 Å². The molecule has 0 spiro atoms. The summed E-state index contributed by atoms with van der Waals surface area (Å²) in [5, 5.41) is 0. The van der Waals surface area contributed by atoms with Gasteiger partial charge in [-0.05, 0) is 30.3 Å². The summed E-state index contributed by atoms with van der Waals surface area (Å²) in [4.78, 5) is 6.02. The minimum Gasteiger partial charge on any atom is -0.397 e. The van der Waals surface area contributed by atoms with E-state index >= 15 is 0 Å².